The van der Waals surface area contributed by atoms with E-state index in [4.69, 9.17) is 0 Å². The minimum Gasteiger partial charge on any atom is -0.358 e. The minimum atomic E-state index is 0.576. The van der Waals surface area contributed by atoms with E-state index < -0.39 is 0 Å². The third-order valence-electron chi connectivity index (χ3n) is 2.91. The quantitative estimate of drug-likeness (QED) is 0.612. The van der Waals surface area contributed by atoms with Crippen molar-refractivity contribution < 1.29 is 0 Å². The molecule has 0 fully saturated rings. The van der Waals surface area contributed by atoms with Gasteiger partial charge in [-0.15, -0.1) is 0 Å². The normalized spacial score (nSPS) is 13.1. The van der Waals surface area contributed by atoms with E-state index in [2.05, 4.69) is 53.2 Å². The lowest BCUT2D eigenvalue weighted by atomic mass is 10.0. The van der Waals surface area contributed by atoms with Crippen LogP contribution in [-0.4, -0.2) is 17.8 Å². The first-order chi connectivity index (χ1) is 7.81. The fourth-order valence-corrected chi connectivity index (χ4v) is 2.22. The van der Waals surface area contributed by atoms with Crippen molar-refractivity contribution in [3.05, 3.63) is 36.0 Å². The van der Waals surface area contributed by atoms with Crippen molar-refractivity contribution in [3.8, 4) is 0 Å². The second-order valence-electron chi connectivity index (χ2n) is 4.10. The molecular weight excluding hydrogens is 216 g/mol. The minimum absolute atomic E-state index is 0.576. The number of H-pyrrole nitrogens is 1. The summed E-state index contributed by atoms with van der Waals surface area (Å²) in [5, 5.41) is 1.31. The highest BCUT2D eigenvalue weighted by Crippen LogP contribution is 2.23. The summed E-state index contributed by atoms with van der Waals surface area (Å²) in [7, 11) is 0. The largest absolute Gasteiger partial charge is 0.358 e. The van der Waals surface area contributed by atoms with Gasteiger partial charge in [0.2, 0.25) is 0 Å². The molecule has 1 unspecified atom stereocenters. The molecule has 1 atom stereocenters. The molecule has 0 aliphatic heterocycles. The summed E-state index contributed by atoms with van der Waals surface area (Å²) < 4.78 is 3.29. The molecule has 0 bridgehead atoms. The predicted molar refractivity (Wildman–Crippen MR) is 72.8 cm³/mol. The van der Waals surface area contributed by atoms with E-state index in [0.29, 0.717) is 5.92 Å². The van der Waals surface area contributed by atoms with E-state index in [-0.39, 0.29) is 0 Å². The van der Waals surface area contributed by atoms with Crippen LogP contribution in [0.3, 0.4) is 0 Å². The summed E-state index contributed by atoms with van der Waals surface area (Å²) >= 11 is 1.68. The van der Waals surface area contributed by atoms with Crippen molar-refractivity contribution in [1.29, 1.82) is 0 Å². The highest BCUT2D eigenvalue weighted by atomic mass is 32.2. The lowest BCUT2D eigenvalue weighted by Gasteiger charge is -2.08. The van der Waals surface area contributed by atoms with E-state index in [1.807, 2.05) is 0 Å². The van der Waals surface area contributed by atoms with E-state index in [1.165, 1.54) is 16.6 Å². The van der Waals surface area contributed by atoms with Crippen LogP contribution < -0.4 is 4.72 Å². The highest BCUT2D eigenvalue weighted by molar-refractivity contribution is 7.96. The molecule has 1 heterocycles. The van der Waals surface area contributed by atoms with Gasteiger partial charge in [0.25, 0.3) is 0 Å². The van der Waals surface area contributed by atoms with Crippen LogP contribution in [0.15, 0.2) is 30.3 Å². The Bertz CT molecular complexity index is 417. The zero-order chi connectivity index (χ0) is 11.4. The van der Waals surface area contributed by atoms with E-state index >= 15 is 0 Å². The smallest absolute Gasteiger partial charge is 0.0456 e. The second kappa shape index (κ2) is 5.41. The maximum absolute atomic E-state index is 3.49. The third kappa shape index (κ3) is 2.60. The summed E-state index contributed by atoms with van der Waals surface area (Å²) in [5.41, 5.74) is 2.58. The van der Waals surface area contributed by atoms with Crippen molar-refractivity contribution >= 4 is 22.9 Å². The first kappa shape index (κ1) is 11.6. The molecule has 86 valence electrons. The molecule has 0 saturated carbocycles. The van der Waals surface area contributed by atoms with Crippen LogP contribution in [0.1, 0.15) is 25.0 Å². The first-order valence-electron chi connectivity index (χ1n) is 5.64. The van der Waals surface area contributed by atoms with E-state index in [1.54, 1.807) is 11.9 Å². The number of hydrogen-bond acceptors (Lipinski definition) is 2. The number of para-hydroxylation sites is 1. The monoisotopic (exact) mass is 234 g/mol. The number of hydrogen-bond donors (Lipinski definition) is 2. The predicted octanol–water partition coefficient (Wildman–Crippen LogP) is 3.53. The average molecular weight is 234 g/mol. The molecule has 3 heteroatoms. The number of aromatic nitrogens is 1. The van der Waals surface area contributed by atoms with Gasteiger partial charge in [-0.1, -0.05) is 37.1 Å². The van der Waals surface area contributed by atoms with Crippen LogP contribution in [0.25, 0.3) is 10.9 Å². The Morgan fingerprint density at radius 3 is 2.94 bits per heavy atom. The molecule has 2 N–H and O–H groups in total. The van der Waals surface area contributed by atoms with Crippen molar-refractivity contribution in [3.63, 3.8) is 0 Å². The lowest BCUT2D eigenvalue weighted by molar-refractivity contribution is 0.661. The van der Waals surface area contributed by atoms with Gasteiger partial charge in [0.15, 0.2) is 0 Å². The van der Waals surface area contributed by atoms with Gasteiger partial charge in [-0.25, -0.2) is 0 Å². The highest BCUT2D eigenvalue weighted by Gasteiger charge is 2.08. The van der Waals surface area contributed by atoms with E-state index in [9.17, 15) is 0 Å². The van der Waals surface area contributed by atoms with Crippen molar-refractivity contribution in [2.75, 3.05) is 12.8 Å². The molecule has 2 aromatic rings. The zero-order valence-corrected chi connectivity index (χ0v) is 10.6. The number of rotatable bonds is 5. The number of benzene rings is 1. The Morgan fingerprint density at radius 2 is 2.19 bits per heavy atom. The molecule has 2 nitrogen and oxygen atoms in total. The second-order valence-corrected chi connectivity index (χ2v) is 4.80. The number of aromatic amines is 1. The Balaban J connectivity index is 2.07. The topological polar surface area (TPSA) is 27.8 Å². The van der Waals surface area contributed by atoms with E-state index in [0.717, 1.165) is 13.0 Å². The fraction of sp³-hybridized carbons (Fsp3) is 0.385. The molecule has 0 aliphatic carbocycles. The van der Waals surface area contributed by atoms with Gasteiger partial charge in [0.05, 0.1) is 0 Å². The van der Waals surface area contributed by atoms with Gasteiger partial charge in [0, 0.05) is 17.8 Å². The molecular formula is C13H18N2S. The molecule has 0 aliphatic rings. The number of fused-ring (bicyclic) bond motifs is 1. The summed E-state index contributed by atoms with van der Waals surface area (Å²) in [6, 6.07) is 10.7. The SMILES string of the molecule is CSNCCC(C)c1cc2ccccc2[nH]1. The van der Waals surface area contributed by atoms with Crippen LogP contribution >= 0.6 is 11.9 Å². The van der Waals surface area contributed by atoms with Gasteiger partial charge >= 0.3 is 0 Å². The molecule has 0 saturated heterocycles. The molecule has 0 amide bonds. The Hall–Kier alpha value is -0.930. The van der Waals surface area contributed by atoms with Gasteiger partial charge in [-0.05, 0) is 36.1 Å². The van der Waals surface area contributed by atoms with Crippen LogP contribution in [0, 0.1) is 0 Å². The molecule has 0 radical (unpaired) electrons. The Kier molecular flexibility index (Phi) is 3.91. The maximum atomic E-state index is 3.49. The summed E-state index contributed by atoms with van der Waals surface area (Å²) in [6.07, 6.45) is 3.22. The van der Waals surface area contributed by atoms with Crippen LogP contribution in [0.4, 0.5) is 0 Å². The molecule has 1 aromatic heterocycles. The summed E-state index contributed by atoms with van der Waals surface area (Å²) in [5.74, 6) is 0.576. The van der Waals surface area contributed by atoms with Gasteiger partial charge in [0.1, 0.15) is 0 Å². The van der Waals surface area contributed by atoms with Crippen molar-refractivity contribution in [1.82, 2.24) is 9.71 Å². The van der Waals surface area contributed by atoms with Crippen LogP contribution in [0.5, 0.6) is 0 Å². The van der Waals surface area contributed by atoms with Crippen LogP contribution in [0.2, 0.25) is 0 Å². The fourth-order valence-electron chi connectivity index (χ4n) is 1.89. The molecule has 1 aromatic carbocycles. The van der Waals surface area contributed by atoms with Crippen molar-refractivity contribution in [2.45, 2.75) is 19.3 Å². The standard InChI is InChI=1S/C13H18N2S/c1-10(7-8-14-16-2)13-9-11-5-3-4-6-12(11)15-13/h3-6,9-10,14-15H,7-8H2,1-2H3. The van der Waals surface area contributed by atoms with Crippen molar-refractivity contribution in [2.24, 2.45) is 0 Å². The summed E-state index contributed by atoms with van der Waals surface area (Å²) in [6.45, 7) is 3.32. The Morgan fingerprint density at radius 1 is 1.38 bits per heavy atom. The number of nitrogens with one attached hydrogen (secondary N) is 2. The lowest BCUT2D eigenvalue weighted by Crippen LogP contribution is -2.08. The summed E-state index contributed by atoms with van der Waals surface area (Å²) in [4.78, 5) is 3.49. The van der Waals surface area contributed by atoms with Crippen LogP contribution in [-0.2, 0) is 0 Å². The zero-order valence-electron chi connectivity index (χ0n) is 9.79. The molecule has 0 spiro atoms. The van der Waals surface area contributed by atoms with Gasteiger partial charge in [-0.3, -0.25) is 4.72 Å². The maximum Gasteiger partial charge on any atom is 0.0456 e. The first-order valence-corrected chi connectivity index (χ1v) is 6.87. The van der Waals surface area contributed by atoms with Gasteiger partial charge < -0.3 is 4.98 Å². The molecule has 16 heavy (non-hydrogen) atoms. The molecule has 2 rings (SSSR count). The Labute approximate surface area is 101 Å². The van der Waals surface area contributed by atoms with Gasteiger partial charge in [-0.2, -0.15) is 0 Å². The third-order valence-corrected chi connectivity index (χ3v) is 3.40. The average Bonchev–Trinajstić information content (AvgIpc) is 2.73.